The van der Waals surface area contributed by atoms with Crippen LogP contribution >= 0.6 is 0 Å². The maximum absolute atomic E-state index is 5.19. The molecule has 0 radical (unpaired) electrons. The third-order valence-corrected chi connectivity index (χ3v) is 3.54. The minimum absolute atomic E-state index is 0.708. The van der Waals surface area contributed by atoms with E-state index in [0.29, 0.717) is 5.92 Å². The molecule has 1 aromatic rings. The van der Waals surface area contributed by atoms with E-state index in [9.17, 15) is 0 Å². The van der Waals surface area contributed by atoms with Crippen molar-refractivity contribution in [2.24, 2.45) is 0 Å². The van der Waals surface area contributed by atoms with Gasteiger partial charge in [-0.1, -0.05) is 19.1 Å². The summed E-state index contributed by atoms with van der Waals surface area (Å²) in [6.07, 6.45) is 2.65. The summed E-state index contributed by atoms with van der Waals surface area (Å²) in [5.41, 5.74) is 1.46. The van der Waals surface area contributed by atoms with Crippen LogP contribution in [0.5, 0.6) is 5.75 Å². The summed E-state index contributed by atoms with van der Waals surface area (Å²) in [6.45, 7) is 5.90. The Balaban J connectivity index is 2.05. The van der Waals surface area contributed by atoms with Crippen molar-refractivity contribution in [3.8, 4) is 5.75 Å². The number of likely N-dealkylation sites (N-methyl/N-ethyl adjacent to an activating group) is 1. The molecule has 1 aromatic carbocycles. The third-order valence-electron chi connectivity index (χ3n) is 3.54. The minimum atomic E-state index is 0.708. The maximum atomic E-state index is 5.19. The quantitative estimate of drug-likeness (QED) is 0.775. The number of nitrogens with zero attached hydrogens (tertiary/aromatic N) is 1. The van der Waals surface area contributed by atoms with Gasteiger partial charge in [0.1, 0.15) is 5.75 Å². The van der Waals surface area contributed by atoms with Gasteiger partial charge in [0.05, 0.1) is 7.11 Å². The van der Waals surface area contributed by atoms with Crippen molar-refractivity contribution in [1.29, 1.82) is 0 Å². The van der Waals surface area contributed by atoms with E-state index in [1.165, 1.54) is 38.0 Å². The Morgan fingerprint density at radius 3 is 2.69 bits per heavy atom. The Labute approximate surface area is 98.2 Å². The average Bonchev–Trinajstić information content (AvgIpc) is 2.39. The van der Waals surface area contributed by atoms with E-state index in [1.807, 2.05) is 0 Å². The van der Waals surface area contributed by atoms with Crippen LogP contribution in [0.2, 0.25) is 0 Å². The molecule has 2 heteroatoms. The van der Waals surface area contributed by atoms with Crippen molar-refractivity contribution in [3.05, 3.63) is 29.8 Å². The lowest BCUT2D eigenvalue weighted by molar-refractivity contribution is 0.218. The Morgan fingerprint density at radius 1 is 1.31 bits per heavy atom. The fraction of sp³-hybridized carbons (Fsp3) is 0.571. The highest BCUT2D eigenvalue weighted by Gasteiger charge is 2.19. The number of ether oxygens (including phenoxy) is 1. The van der Waals surface area contributed by atoms with Gasteiger partial charge in [-0.05, 0) is 49.5 Å². The second kappa shape index (κ2) is 5.35. The largest absolute Gasteiger partial charge is 0.497 e. The number of hydrogen-bond acceptors (Lipinski definition) is 2. The van der Waals surface area contributed by atoms with Gasteiger partial charge < -0.3 is 9.64 Å². The standard InChI is InChI=1S/C14H21NO/c1-3-15-10-4-5-13(11-15)12-6-8-14(16-2)9-7-12/h6-9,13H,3-5,10-11H2,1-2H3. The molecule has 88 valence electrons. The normalized spacial score (nSPS) is 22.0. The number of likely N-dealkylation sites (tertiary alicyclic amines) is 1. The molecule has 1 atom stereocenters. The Morgan fingerprint density at radius 2 is 2.06 bits per heavy atom. The summed E-state index contributed by atoms with van der Waals surface area (Å²) < 4.78 is 5.19. The molecule has 16 heavy (non-hydrogen) atoms. The molecule has 0 aliphatic carbocycles. The first-order chi connectivity index (χ1) is 7.83. The monoisotopic (exact) mass is 219 g/mol. The van der Waals surface area contributed by atoms with Crippen LogP contribution in [0.4, 0.5) is 0 Å². The van der Waals surface area contributed by atoms with Crippen LogP contribution in [0.1, 0.15) is 31.2 Å². The minimum Gasteiger partial charge on any atom is -0.497 e. The van der Waals surface area contributed by atoms with Gasteiger partial charge >= 0.3 is 0 Å². The van der Waals surface area contributed by atoms with Crippen LogP contribution in [-0.2, 0) is 0 Å². The second-order valence-electron chi connectivity index (χ2n) is 4.51. The van der Waals surface area contributed by atoms with Crippen molar-refractivity contribution >= 4 is 0 Å². The Bertz CT molecular complexity index is 320. The van der Waals surface area contributed by atoms with Crippen LogP contribution in [-0.4, -0.2) is 31.6 Å². The van der Waals surface area contributed by atoms with Crippen molar-refractivity contribution in [1.82, 2.24) is 4.90 Å². The molecule has 1 fully saturated rings. The zero-order valence-corrected chi connectivity index (χ0v) is 10.3. The van der Waals surface area contributed by atoms with Crippen molar-refractivity contribution < 1.29 is 4.74 Å². The average molecular weight is 219 g/mol. The van der Waals surface area contributed by atoms with E-state index < -0.39 is 0 Å². The molecular formula is C14H21NO. The predicted molar refractivity (Wildman–Crippen MR) is 67.1 cm³/mol. The first-order valence-electron chi connectivity index (χ1n) is 6.19. The first kappa shape index (κ1) is 11.5. The van der Waals surface area contributed by atoms with E-state index >= 15 is 0 Å². The van der Waals surface area contributed by atoms with Crippen molar-refractivity contribution in [2.45, 2.75) is 25.7 Å². The molecular weight excluding hydrogens is 198 g/mol. The topological polar surface area (TPSA) is 12.5 Å². The Kier molecular flexibility index (Phi) is 3.83. The smallest absolute Gasteiger partial charge is 0.118 e. The summed E-state index contributed by atoms with van der Waals surface area (Å²) in [7, 11) is 1.72. The number of piperidine rings is 1. The molecule has 2 rings (SSSR count). The summed E-state index contributed by atoms with van der Waals surface area (Å²) in [4.78, 5) is 2.54. The molecule has 1 aliphatic rings. The molecule has 0 saturated carbocycles. The molecule has 0 spiro atoms. The predicted octanol–water partition coefficient (Wildman–Crippen LogP) is 2.89. The lowest BCUT2D eigenvalue weighted by Crippen LogP contribution is -2.34. The Hall–Kier alpha value is -1.02. The van der Waals surface area contributed by atoms with Gasteiger partial charge in [0, 0.05) is 6.54 Å². The van der Waals surface area contributed by atoms with Gasteiger partial charge in [-0.2, -0.15) is 0 Å². The SMILES string of the molecule is CCN1CCCC(c2ccc(OC)cc2)C1. The molecule has 0 aromatic heterocycles. The van der Waals surface area contributed by atoms with Crippen LogP contribution in [0, 0.1) is 0 Å². The number of hydrogen-bond donors (Lipinski definition) is 0. The zero-order chi connectivity index (χ0) is 11.4. The number of benzene rings is 1. The van der Waals surface area contributed by atoms with E-state index in [0.717, 1.165) is 5.75 Å². The highest BCUT2D eigenvalue weighted by Crippen LogP contribution is 2.27. The first-order valence-corrected chi connectivity index (χ1v) is 6.19. The van der Waals surface area contributed by atoms with Crippen LogP contribution in [0.3, 0.4) is 0 Å². The van der Waals surface area contributed by atoms with Gasteiger partial charge in [-0.25, -0.2) is 0 Å². The highest BCUT2D eigenvalue weighted by molar-refractivity contribution is 5.29. The lowest BCUT2D eigenvalue weighted by atomic mass is 9.90. The molecule has 0 amide bonds. The summed E-state index contributed by atoms with van der Waals surface area (Å²) >= 11 is 0. The van der Waals surface area contributed by atoms with Crippen molar-refractivity contribution in [2.75, 3.05) is 26.7 Å². The number of rotatable bonds is 3. The summed E-state index contributed by atoms with van der Waals surface area (Å²) in [5.74, 6) is 1.66. The van der Waals surface area contributed by atoms with E-state index in [4.69, 9.17) is 4.74 Å². The molecule has 0 N–H and O–H groups in total. The summed E-state index contributed by atoms with van der Waals surface area (Å²) in [6, 6.07) is 8.56. The van der Waals surface area contributed by atoms with Crippen LogP contribution in [0.15, 0.2) is 24.3 Å². The van der Waals surface area contributed by atoms with E-state index in [-0.39, 0.29) is 0 Å². The van der Waals surface area contributed by atoms with Crippen LogP contribution in [0.25, 0.3) is 0 Å². The van der Waals surface area contributed by atoms with E-state index in [2.05, 4.69) is 36.1 Å². The zero-order valence-electron chi connectivity index (χ0n) is 10.3. The molecule has 1 saturated heterocycles. The second-order valence-corrected chi connectivity index (χ2v) is 4.51. The molecule has 1 heterocycles. The van der Waals surface area contributed by atoms with E-state index in [1.54, 1.807) is 7.11 Å². The highest BCUT2D eigenvalue weighted by atomic mass is 16.5. The fourth-order valence-corrected chi connectivity index (χ4v) is 2.49. The van der Waals surface area contributed by atoms with Gasteiger partial charge in [0.15, 0.2) is 0 Å². The maximum Gasteiger partial charge on any atom is 0.118 e. The number of methoxy groups -OCH3 is 1. The van der Waals surface area contributed by atoms with Gasteiger partial charge in [0.25, 0.3) is 0 Å². The fourth-order valence-electron chi connectivity index (χ4n) is 2.49. The summed E-state index contributed by atoms with van der Waals surface area (Å²) in [5, 5.41) is 0. The molecule has 2 nitrogen and oxygen atoms in total. The van der Waals surface area contributed by atoms with Gasteiger partial charge in [0.2, 0.25) is 0 Å². The third kappa shape index (κ3) is 2.56. The molecule has 0 bridgehead atoms. The van der Waals surface area contributed by atoms with Crippen LogP contribution < -0.4 is 4.74 Å². The lowest BCUT2D eigenvalue weighted by Gasteiger charge is -2.32. The molecule has 1 unspecified atom stereocenters. The van der Waals surface area contributed by atoms with Crippen molar-refractivity contribution in [3.63, 3.8) is 0 Å². The molecule has 1 aliphatic heterocycles. The van der Waals surface area contributed by atoms with Gasteiger partial charge in [-0.3, -0.25) is 0 Å². The van der Waals surface area contributed by atoms with Gasteiger partial charge in [-0.15, -0.1) is 0 Å².